The zero-order valence-corrected chi connectivity index (χ0v) is 13.5. The summed E-state index contributed by atoms with van der Waals surface area (Å²) in [6.07, 6.45) is 7.71. The average molecular weight is 300 g/mol. The lowest BCUT2D eigenvalue weighted by molar-refractivity contribution is 0.284. The van der Waals surface area contributed by atoms with Crippen molar-refractivity contribution < 1.29 is 4.42 Å². The van der Waals surface area contributed by atoms with Crippen LogP contribution >= 0.6 is 0 Å². The van der Waals surface area contributed by atoms with Crippen LogP contribution in [0.5, 0.6) is 0 Å². The topological polar surface area (TPSA) is 45.4 Å². The van der Waals surface area contributed by atoms with Gasteiger partial charge < -0.3 is 9.32 Å². The van der Waals surface area contributed by atoms with Crippen molar-refractivity contribution in [3.8, 4) is 0 Å². The molecule has 5 heteroatoms. The molecular weight excluding hydrogens is 276 g/mol. The smallest absolute Gasteiger partial charge is 0.225 e. The van der Waals surface area contributed by atoms with E-state index in [1.54, 1.807) is 0 Å². The quantitative estimate of drug-likeness (QED) is 0.849. The first kappa shape index (κ1) is 15.0. The highest BCUT2D eigenvalue weighted by Gasteiger charge is 2.13. The molecule has 1 saturated heterocycles. The summed E-state index contributed by atoms with van der Waals surface area (Å²) in [6, 6.07) is 4.03. The maximum absolute atomic E-state index is 5.61. The van der Waals surface area contributed by atoms with E-state index in [-0.39, 0.29) is 0 Å². The fourth-order valence-corrected chi connectivity index (χ4v) is 2.89. The Morgan fingerprint density at radius 1 is 1.09 bits per heavy atom. The Kier molecular flexibility index (Phi) is 4.73. The summed E-state index contributed by atoms with van der Waals surface area (Å²) in [4.78, 5) is 13.5. The number of nitrogens with zero attached hydrogens (tertiary/aromatic N) is 4. The molecule has 1 aliphatic rings. The molecule has 0 saturated carbocycles. The molecule has 0 aromatic carbocycles. The SMILES string of the molecule is Cc1ccc(CN(C)Cc2cnc(N3CCCCC3)nc2)o1. The van der Waals surface area contributed by atoms with E-state index in [2.05, 4.69) is 26.8 Å². The maximum Gasteiger partial charge on any atom is 0.225 e. The molecule has 22 heavy (non-hydrogen) atoms. The summed E-state index contributed by atoms with van der Waals surface area (Å²) in [5.74, 6) is 2.82. The fourth-order valence-electron chi connectivity index (χ4n) is 2.89. The van der Waals surface area contributed by atoms with Crippen LogP contribution in [0.3, 0.4) is 0 Å². The second-order valence-corrected chi connectivity index (χ2v) is 6.12. The Labute approximate surface area is 132 Å². The zero-order valence-electron chi connectivity index (χ0n) is 13.5. The van der Waals surface area contributed by atoms with E-state index in [4.69, 9.17) is 4.42 Å². The number of hydrogen-bond donors (Lipinski definition) is 0. The Balaban J connectivity index is 1.56. The molecule has 0 radical (unpaired) electrons. The number of aromatic nitrogens is 2. The van der Waals surface area contributed by atoms with Crippen molar-refractivity contribution in [2.75, 3.05) is 25.0 Å². The molecule has 1 fully saturated rings. The second-order valence-electron chi connectivity index (χ2n) is 6.12. The van der Waals surface area contributed by atoms with Crippen LogP contribution in [0.15, 0.2) is 28.9 Å². The van der Waals surface area contributed by atoms with Gasteiger partial charge in [-0.3, -0.25) is 4.90 Å². The van der Waals surface area contributed by atoms with E-state index >= 15 is 0 Å². The monoisotopic (exact) mass is 300 g/mol. The molecule has 0 unspecified atom stereocenters. The number of anilines is 1. The lowest BCUT2D eigenvalue weighted by Gasteiger charge is -2.26. The predicted molar refractivity (Wildman–Crippen MR) is 86.7 cm³/mol. The molecule has 2 aromatic rings. The van der Waals surface area contributed by atoms with Gasteiger partial charge in [-0.1, -0.05) is 0 Å². The molecule has 0 N–H and O–H groups in total. The summed E-state index contributed by atoms with van der Waals surface area (Å²) in [7, 11) is 2.08. The molecular formula is C17H24N4O. The Bertz CT molecular complexity index is 587. The average Bonchev–Trinajstić information content (AvgIpc) is 2.94. The molecule has 1 aliphatic heterocycles. The van der Waals surface area contributed by atoms with Crippen LogP contribution in [0.2, 0.25) is 0 Å². The summed E-state index contributed by atoms with van der Waals surface area (Å²) in [5, 5.41) is 0. The van der Waals surface area contributed by atoms with E-state index in [0.29, 0.717) is 0 Å². The van der Waals surface area contributed by atoms with Gasteiger partial charge in [0.1, 0.15) is 11.5 Å². The van der Waals surface area contributed by atoms with Crippen molar-refractivity contribution in [3.63, 3.8) is 0 Å². The van der Waals surface area contributed by atoms with E-state index in [1.807, 2.05) is 31.5 Å². The first-order chi connectivity index (χ1) is 10.7. The molecule has 118 valence electrons. The van der Waals surface area contributed by atoms with Gasteiger partial charge in [-0.05, 0) is 45.4 Å². The van der Waals surface area contributed by atoms with E-state index in [1.165, 1.54) is 19.3 Å². The third-order valence-corrected chi connectivity index (χ3v) is 4.00. The molecule has 0 atom stereocenters. The molecule has 3 rings (SSSR count). The minimum atomic E-state index is 0.793. The Hall–Kier alpha value is -1.88. The highest BCUT2D eigenvalue weighted by molar-refractivity contribution is 5.30. The van der Waals surface area contributed by atoms with Crippen LogP contribution in [0.1, 0.15) is 36.3 Å². The number of aryl methyl sites for hydroxylation is 1. The summed E-state index contributed by atoms with van der Waals surface area (Å²) in [5.41, 5.74) is 1.13. The first-order valence-corrected chi connectivity index (χ1v) is 8.00. The van der Waals surface area contributed by atoms with Crippen LogP contribution in [0, 0.1) is 6.92 Å². The van der Waals surface area contributed by atoms with Crippen LogP contribution in [0.4, 0.5) is 5.95 Å². The standard InChI is InChI=1S/C17H24N4O/c1-14-6-7-16(22-14)13-20(2)12-15-10-18-17(19-11-15)21-8-4-3-5-9-21/h6-7,10-11H,3-5,8-9,12-13H2,1-2H3. The van der Waals surface area contributed by atoms with Gasteiger partial charge in [0, 0.05) is 37.6 Å². The van der Waals surface area contributed by atoms with Crippen LogP contribution in [-0.2, 0) is 13.1 Å². The number of piperidine rings is 1. The number of hydrogen-bond acceptors (Lipinski definition) is 5. The third-order valence-electron chi connectivity index (χ3n) is 4.00. The number of furan rings is 1. The van der Waals surface area contributed by atoms with Gasteiger partial charge in [-0.2, -0.15) is 0 Å². The number of rotatable bonds is 5. The zero-order chi connectivity index (χ0) is 15.4. The second kappa shape index (κ2) is 6.92. The summed E-state index contributed by atoms with van der Waals surface area (Å²) in [6.45, 7) is 5.74. The van der Waals surface area contributed by atoms with Gasteiger partial charge in [-0.25, -0.2) is 9.97 Å². The van der Waals surface area contributed by atoms with Crippen molar-refractivity contribution in [2.24, 2.45) is 0 Å². The molecule has 0 amide bonds. The highest BCUT2D eigenvalue weighted by Crippen LogP contribution is 2.16. The van der Waals surface area contributed by atoms with Crippen LogP contribution in [0.25, 0.3) is 0 Å². The molecule has 0 spiro atoms. The van der Waals surface area contributed by atoms with Gasteiger partial charge in [-0.15, -0.1) is 0 Å². The van der Waals surface area contributed by atoms with Crippen molar-refractivity contribution in [3.05, 3.63) is 41.6 Å². The van der Waals surface area contributed by atoms with Crippen molar-refractivity contribution in [2.45, 2.75) is 39.3 Å². The first-order valence-electron chi connectivity index (χ1n) is 8.00. The van der Waals surface area contributed by atoms with Gasteiger partial charge in [0.2, 0.25) is 5.95 Å². The summed E-state index contributed by atoms with van der Waals surface area (Å²) < 4.78 is 5.61. The normalized spacial score (nSPS) is 15.5. The largest absolute Gasteiger partial charge is 0.465 e. The van der Waals surface area contributed by atoms with Gasteiger partial charge in [0.15, 0.2) is 0 Å². The molecule has 0 bridgehead atoms. The maximum atomic E-state index is 5.61. The lowest BCUT2D eigenvalue weighted by Crippen LogP contribution is -2.31. The minimum Gasteiger partial charge on any atom is -0.465 e. The lowest BCUT2D eigenvalue weighted by atomic mass is 10.1. The third kappa shape index (κ3) is 3.85. The Morgan fingerprint density at radius 3 is 2.45 bits per heavy atom. The highest BCUT2D eigenvalue weighted by atomic mass is 16.3. The fraction of sp³-hybridized carbons (Fsp3) is 0.529. The van der Waals surface area contributed by atoms with E-state index in [9.17, 15) is 0 Å². The molecule has 2 aromatic heterocycles. The minimum absolute atomic E-state index is 0.793. The molecule has 0 aliphatic carbocycles. The van der Waals surface area contributed by atoms with Gasteiger partial charge in [0.25, 0.3) is 0 Å². The van der Waals surface area contributed by atoms with E-state index < -0.39 is 0 Å². The Morgan fingerprint density at radius 2 is 1.82 bits per heavy atom. The van der Waals surface area contributed by atoms with Crippen molar-refractivity contribution in [1.82, 2.24) is 14.9 Å². The van der Waals surface area contributed by atoms with Crippen LogP contribution in [-0.4, -0.2) is 35.0 Å². The van der Waals surface area contributed by atoms with Gasteiger partial charge in [0.05, 0.1) is 6.54 Å². The van der Waals surface area contributed by atoms with Crippen molar-refractivity contribution >= 4 is 5.95 Å². The van der Waals surface area contributed by atoms with Gasteiger partial charge >= 0.3 is 0 Å². The van der Waals surface area contributed by atoms with Crippen LogP contribution < -0.4 is 4.90 Å². The summed E-state index contributed by atoms with van der Waals surface area (Å²) >= 11 is 0. The van der Waals surface area contributed by atoms with E-state index in [0.717, 1.165) is 49.2 Å². The molecule has 3 heterocycles. The van der Waals surface area contributed by atoms with Crippen molar-refractivity contribution in [1.29, 1.82) is 0 Å². The predicted octanol–water partition coefficient (Wildman–Crippen LogP) is 3.00. The molecule has 5 nitrogen and oxygen atoms in total.